The summed E-state index contributed by atoms with van der Waals surface area (Å²) in [6.45, 7) is 11.5. The van der Waals surface area contributed by atoms with Crippen LogP contribution in [0.25, 0.3) is 11.3 Å². The highest BCUT2D eigenvalue weighted by molar-refractivity contribution is 6.03. The predicted molar refractivity (Wildman–Crippen MR) is 137 cm³/mol. The molecule has 1 aromatic carbocycles. The number of phenols is 1. The van der Waals surface area contributed by atoms with Gasteiger partial charge in [-0.15, -0.1) is 0 Å². The van der Waals surface area contributed by atoms with Crippen LogP contribution in [0.1, 0.15) is 38.1 Å². The first-order chi connectivity index (χ1) is 17.5. The zero-order valence-corrected chi connectivity index (χ0v) is 22.0. The van der Waals surface area contributed by atoms with Gasteiger partial charge in [-0.2, -0.15) is 0 Å². The first-order valence-corrected chi connectivity index (χ1v) is 12.8. The number of carbonyl (C=O) groups is 1. The predicted octanol–water partition coefficient (Wildman–Crippen LogP) is 3.09. The third-order valence-electron chi connectivity index (χ3n) is 7.61. The number of aromatic nitrogens is 1. The Balaban J connectivity index is 1.80. The van der Waals surface area contributed by atoms with E-state index in [9.17, 15) is 9.90 Å². The number of piperazine rings is 2. The summed E-state index contributed by atoms with van der Waals surface area (Å²) in [5.41, 5.74) is -1.10. The van der Waals surface area contributed by atoms with Gasteiger partial charge in [0, 0.05) is 50.7 Å². The number of halogens is 2. The summed E-state index contributed by atoms with van der Waals surface area (Å²) in [6, 6.07) is 3.42. The van der Waals surface area contributed by atoms with Crippen molar-refractivity contribution in [1.29, 1.82) is 0 Å². The van der Waals surface area contributed by atoms with Crippen molar-refractivity contribution < 1.29 is 23.4 Å². The Morgan fingerprint density at radius 2 is 1.89 bits per heavy atom. The minimum absolute atomic E-state index is 0.0452. The van der Waals surface area contributed by atoms with Gasteiger partial charge in [-0.1, -0.05) is 26.8 Å². The molecule has 2 fully saturated rings. The van der Waals surface area contributed by atoms with Crippen LogP contribution in [-0.2, 0) is 0 Å². The molecule has 37 heavy (non-hydrogen) atoms. The second-order valence-electron chi connectivity index (χ2n) is 11.4. The quantitative estimate of drug-likeness (QED) is 0.636. The van der Waals surface area contributed by atoms with E-state index in [2.05, 4.69) is 15.2 Å². The van der Waals surface area contributed by atoms with Crippen LogP contribution in [0.5, 0.6) is 11.5 Å². The molecule has 5 rings (SSSR count). The lowest BCUT2D eigenvalue weighted by Gasteiger charge is -2.43. The zero-order valence-electron chi connectivity index (χ0n) is 22.0. The van der Waals surface area contributed by atoms with E-state index in [0.29, 0.717) is 39.3 Å². The van der Waals surface area contributed by atoms with Crippen molar-refractivity contribution in [2.75, 3.05) is 51.2 Å². The van der Waals surface area contributed by atoms with Crippen molar-refractivity contribution in [2.24, 2.45) is 5.41 Å². The van der Waals surface area contributed by atoms with E-state index < -0.39 is 28.9 Å². The first-order valence-electron chi connectivity index (χ1n) is 12.8. The number of phenolic OH excluding ortho intramolecular Hbond substituents is 1. The summed E-state index contributed by atoms with van der Waals surface area (Å²) in [7, 11) is 2.02. The Hall–Kier alpha value is -2.98. The average molecular weight is 516 g/mol. The number of nitrogens with zero attached hydrogens (tertiary/aromatic N) is 4. The number of nitrogens with one attached hydrogen (secondary N) is 1. The van der Waals surface area contributed by atoms with Crippen LogP contribution >= 0.6 is 0 Å². The molecule has 2 N–H and O–H groups in total. The molecule has 0 aliphatic carbocycles. The number of benzene rings is 1. The van der Waals surface area contributed by atoms with Gasteiger partial charge in [0.1, 0.15) is 34.7 Å². The fourth-order valence-corrected chi connectivity index (χ4v) is 5.76. The van der Waals surface area contributed by atoms with Gasteiger partial charge in [0.15, 0.2) is 11.6 Å². The van der Waals surface area contributed by atoms with Crippen molar-refractivity contribution in [3.8, 4) is 22.8 Å². The summed E-state index contributed by atoms with van der Waals surface area (Å²) in [6.07, 6.45) is -0.540. The maximum atomic E-state index is 16.4. The van der Waals surface area contributed by atoms with Crippen molar-refractivity contribution >= 4 is 11.7 Å². The fraction of sp³-hybridized carbons (Fsp3) is 0.556. The molecule has 1 amide bonds. The number of amides is 1. The third kappa shape index (κ3) is 4.40. The van der Waals surface area contributed by atoms with Crippen LogP contribution in [0.3, 0.4) is 0 Å². The van der Waals surface area contributed by atoms with E-state index in [4.69, 9.17) is 4.74 Å². The molecule has 3 aliphatic heterocycles. The molecule has 2 aromatic rings. The molecule has 2 saturated heterocycles. The van der Waals surface area contributed by atoms with E-state index in [-0.39, 0.29) is 46.4 Å². The lowest BCUT2D eigenvalue weighted by Crippen LogP contribution is -2.61. The summed E-state index contributed by atoms with van der Waals surface area (Å²) < 4.78 is 37.9. The van der Waals surface area contributed by atoms with Crippen LogP contribution in [0.2, 0.25) is 0 Å². The Morgan fingerprint density at radius 3 is 2.57 bits per heavy atom. The third-order valence-corrected chi connectivity index (χ3v) is 7.61. The Bertz CT molecular complexity index is 1200. The lowest BCUT2D eigenvalue weighted by atomic mass is 9.83. The molecule has 0 spiro atoms. The van der Waals surface area contributed by atoms with Crippen LogP contribution in [0.4, 0.5) is 14.6 Å². The normalized spacial score (nSPS) is 24.8. The number of aromatic hydroxyl groups is 1. The van der Waals surface area contributed by atoms with Crippen molar-refractivity contribution in [2.45, 2.75) is 45.9 Å². The number of fused-ring (bicyclic) bond motifs is 2. The molecule has 1 unspecified atom stereocenters. The maximum Gasteiger partial charge on any atom is 0.262 e. The molecule has 10 heteroatoms. The minimum Gasteiger partial charge on any atom is -0.507 e. The van der Waals surface area contributed by atoms with Crippen LogP contribution in [0.15, 0.2) is 18.2 Å². The number of hydrogen-bond donors (Lipinski definition) is 2. The highest BCUT2D eigenvalue weighted by Crippen LogP contribution is 2.45. The van der Waals surface area contributed by atoms with Crippen molar-refractivity contribution in [3.05, 3.63) is 35.4 Å². The monoisotopic (exact) mass is 515 g/mol. The maximum absolute atomic E-state index is 16.4. The van der Waals surface area contributed by atoms with Gasteiger partial charge >= 0.3 is 0 Å². The van der Waals surface area contributed by atoms with Gasteiger partial charge in [-0.3, -0.25) is 4.79 Å². The van der Waals surface area contributed by atoms with Crippen LogP contribution in [0, 0.1) is 17.0 Å². The molecule has 3 aliphatic rings. The van der Waals surface area contributed by atoms with Gasteiger partial charge in [-0.25, -0.2) is 13.8 Å². The standard InChI is InChI=1S/C27H35F2N5O3/c1-15-14-32(5)11-12-33(15)25-20-23(21(29)22(31-25)19-16(28)7-6-8-18(19)35)37-24(27(2,3)4)17-13-30-9-10-34(17)26(20)36/h6-8,15,17,24,30,35H,9-14H2,1-5H3/t15-,17+,24?/m0/s1. The number of hydrogen-bond acceptors (Lipinski definition) is 7. The molecule has 0 radical (unpaired) electrons. The summed E-state index contributed by atoms with van der Waals surface area (Å²) in [5.74, 6) is -2.50. The van der Waals surface area contributed by atoms with Gasteiger partial charge in [-0.05, 0) is 26.1 Å². The smallest absolute Gasteiger partial charge is 0.262 e. The largest absolute Gasteiger partial charge is 0.507 e. The average Bonchev–Trinajstić information content (AvgIpc) is 2.96. The van der Waals surface area contributed by atoms with Crippen molar-refractivity contribution in [3.63, 3.8) is 0 Å². The highest BCUT2D eigenvalue weighted by Gasteiger charge is 2.47. The molecule has 0 bridgehead atoms. The molecular weight excluding hydrogens is 480 g/mol. The lowest BCUT2D eigenvalue weighted by molar-refractivity contribution is 0.000888. The van der Waals surface area contributed by atoms with E-state index in [1.807, 2.05) is 39.6 Å². The fourth-order valence-electron chi connectivity index (χ4n) is 5.76. The van der Waals surface area contributed by atoms with Gasteiger partial charge in [0.2, 0.25) is 0 Å². The first kappa shape index (κ1) is 25.7. The van der Waals surface area contributed by atoms with Crippen LogP contribution in [-0.4, -0.2) is 90.3 Å². The highest BCUT2D eigenvalue weighted by atomic mass is 19.1. The van der Waals surface area contributed by atoms with Gasteiger partial charge in [0.05, 0.1) is 11.6 Å². The zero-order chi connectivity index (χ0) is 26.6. The summed E-state index contributed by atoms with van der Waals surface area (Å²) in [4.78, 5) is 24.7. The molecular formula is C27H35F2N5O3. The second-order valence-corrected chi connectivity index (χ2v) is 11.4. The van der Waals surface area contributed by atoms with E-state index in [1.54, 1.807) is 4.90 Å². The molecule has 4 heterocycles. The number of rotatable bonds is 2. The molecule has 1 aromatic heterocycles. The molecule has 8 nitrogen and oxygen atoms in total. The SMILES string of the molecule is C[C@H]1CN(C)CCN1c1nc(-c2c(O)cccc2F)c(F)c2c1C(=O)N1CCNC[C@@H]1C(C(C)(C)C)O2. The Labute approximate surface area is 216 Å². The number of ether oxygens (including phenoxy) is 1. The molecule has 0 saturated carbocycles. The van der Waals surface area contributed by atoms with E-state index in [0.717, 1.165) is 6.07 Å². The van der Waals surface area contributed by atoms with Crippen LogP contribution < -0.4 is 15.0 Å². The number of pyridine rings is 1. The second kappa shape index (κ2) is 9.40. The van der Waals surface area contributed by atoms with Crippen molar-refractivity contribution in [1.82, 2.24) is 20.1 Å². The molecule has 3 atom stereocenters. The topological polar surface area (TPSA) is 81.2 Å². The summed E-state index contributed by atoms with van der Waals surface area (Å²) in [5, 5.41) is 13.9. The Kier molecular flexibility index (Phi) is 6.52. The van der Waals surface area contributed by atoms with Gasteiger partial charge in [0.25, 0.3) is 5.91 Å². The summed E-state index contributed by atoms with van der Waals surface area (Å²) >= 11 is 0. The number of carbonyl (C=O) groups excluding carboxylic acids is 1. The van der Waals surface area contributed by atoms with Gasteiger partial charge < -0.3 is 29.9 Å². The van der Waals surface area contributed by atoms with E-state index in [1.165, 1.54) is 12.1 Å². The molecule has 200 valence electrons. The number of likely N-dealkylation sites (N-methyl/N-ethyl adjacent to an activating group) is 1. The number of anilines is 1. The Morgan fingerprint density at radius 1 is 1.14 bits per heavy atom. The minimum atomic E-state index is -0.948. The van der Waals surface area contributed by atoms with E-state index >= 15 is 8.78 Å².